The van der Waals surface area contributed by atoms with E-state index in [2.05, 4.69) is 97.5 Å². The molecule has 0 aromatic heterocycles. The summed E-state index contributed by atoms with van der Waals surface area (Å²) < 4.78 is 0. The van der Waals surface area contributed by atoms with Gasteiger partial charge in [0.1, 0.15) is 8.07 Å². The van der Waals surface area contributed by atoms with Crippen molar-refractivity contribution in [2.75, 3.05) is 0 Å². The highest BCUT2D eigenvalue weighted by Gasteiger charge is 2.43. The number of rotatable bonds is 1. The summed E-state index contributed by atoms with van der Waals surface area (Å²) in [5, 5.41) is 7.38. The smallest absolute Gasteiger partial charge is 0.0624 e. The molecule has 1 unspecified atom stereocenters. The molecule has 0 amide bonds. The monoisotopic (exact) mass is 322 g/mol. The molecule has 24 heavy (non-hydrogen) atoms. The van der Waals surface area contributed by atoms with Crippen LogP contribution in [0.2, 0.25) is 6.55 Å². The minimum absolute atomic E-state index is 1.35. The second kappa shape index (κ2) is 4.92. The first-order chi connectivity index (χ1) is 11.8. The molecule has 4 aromatic carbocycles. The standard InChI is InChI=1S/C23H18Si/c1-24(18-10-3-2-4-11-18)22-14-8-7-13-20(22)21-16-15-17-9-5-6-12-19(17)23(21)24/h2-16H,1H3. The summed E-state index contributed by atoms with van der Waals surface area (Å²) in [6.45, 7) is 2.51. The van der Waals surface area contributed by atoms with E-state index in [0.29, 0.717) is 0 Å². The number of hydrogen-bond acceptors (Lipinski definition) is 0. The van der Waals surface area contributed by atoms with Gasteiger partial charge in [-0.15, -0.1) is 0 Å². The van der Waals surface area contributed by atoms with E-state index in [0.717, 1.165) is 0 Å². The fourth-order valence-corrected chi connectivity index (χ4v) is 8.83. The second-order valence-electron chi connectivity index (χ2n) is 6.75. The maximum absolute atomic E-state index is 2.51. The molecule has 0 aliphatic carbocycles. The molecule has 4 aromatic rings. The molecule has 1 heterocycles. The Morgan fingerprint density at radius 2 is 1.29 bits per heavy atom. The minimum Gasteiger partial charge on any atom is -0.0624 e. The van der Waals surface area contributed by atoms with Crippen LogP contribution in [0.25, 0.3) is 21.9 Å². The van der Waals surface area contributed by atoms with Gasteiger partial charge in [0.05, 0.1) is 0 Å². The third-order valence-electron chi connectivity index (χ3n) is 5.54. The summed E-state index contributed by atoms with van der Waals surface area (Å²) in [5.41, 5.74) is 2.86. The van der Waals surface area contributed by atoms with Crippen LogP contribution in [0.4, 0.5) is 0 Å². The van der Waals surface area contributed by atoms with Crippen molar-refractivity contribution >= 4 is 34.4 Å². The van der Waals surface area contributed by atoms with Crippen molar-refractivity contribution in [2.45, 2.75) is 6.55 Å². The minimum atomic E-state index is -1.97. The summed E-state index contributed by atoms with van der Waals surface area (Å²) in [7, 11) is -1.97. The summed E-state index contributed by atoms with van der Waals surface area (Å²) in [6, 6.07) is 33.6. The number of hydrogen-bond donors (Lipinski definition) is 0. The highest BCUT2D eigenvalue weighted by molar-refractivity contribution is 7.14. The van der Waals surface area contributed by atoms with E-state index in [9.17, 15) is 0 Å². The van der Waals surface area contributed by atoms with Crippen LogP contribution in [0, 0.1) is 0 Å². The fraction of sp³-hybridized carbons (Fsp3) is 0.0435. The lowest BCUT2D eigenvalue weighted by molar-refractivity contribution is 1.71. The predicted molar refractivity (Wildman–Crippen MR) is 106 cm³/mol. The van der Waals surface area contributed by atoms with E-state index in [1.54, 1.807) is 10.4 Å². The molecule has 114 valence electrons. The molecular weight excluding hydrogens is 304 g/mol. The first-order valence-corrected chi connectivity index (χ1v) is 11.0. The predicted octanol–water partition coefficient (Wildman–Crippen LogP) is 3.92. The van der Waals surface area contributed by atoms with Crippen LogP contribution >= 0.6 is 0 Å². The molecule has 1 heteroatoms. The van der Waals surface area contributed by atoms with E-state index in [4.69, 9.17) is 0 Å². The molecule has 0 saturated carbocycles. The second-order valence-corrected chi connectivity index (χ2v) is 10.6. The molecule has 5 rings (SSSR count). The van der Waals surface area contributed by atoms with Gasteiger partial charge in [-0.1, -0.05) is 97.5 Å². The van der Waals surface area contributed by atoms with Crippen LogP contribution in [0.5, 0.6) is 0 Å². The molecule has 0 nitrogen and oxygen atoms in total. The van der Waals surface area contributed by atoms with Gasteiger partial charge in [0.25, 0.3) is 0 Å². The van der Waals surface area contributed by atoms with Crippen LogP contribution in [0.1, 0.15) is 0 Å². The molecule has 0 fully saturated rings. The van der Waals surface area contributed by atoms with Gasteiger partial charge in [0.15, 0.2) is 0 Å². The van der Waals surface area contributed by atoms with Gasteiger partial charge in [-0.3, -0.25) is 0 Å². The SMILES string of the molecule is C[Si]1(c2ccccc2)c2ccccc2-c2ccc3ccccc3c21. The van der Waals surface area contributed by atoms with Crippen LogP contribution in [0.3, 0.4) is 0 Å². The van der Waals surface area contributed by atoms with Gasteiger partial charge in [-0.2, -0.15) is 0 Å². The van der Waals surface area contributed by atoms with Crippen LogP contribution in [0.15, 0.2) is 91.0 Å². The number of fused-ring (bicyclic) bond motifs is 5. The Morgan fingerprint density at radius 1 is 0.583 bits per heavy atom. The topological polar surface area (TPSA) is 0 Å². The molecule has 1 aliphatic heterocycles. The largest absolute Gasteiger partial charge is 0.147 e. The zero-order chi connectivity index (χ0) is 16.1. The normalized spacial score (nSPS) is 18.4. The van der Waals surface area contributed by atoms with Crippen molar-refractivity contribution in [2.24, 2.45) is 0 Å². The van der Waals surface area contributed by atoms with Gasteiger partial charge in [0, 0.05) is 0 Å². The molecule has 0 saturated heterocycles. The highest BCUT2D eigenvalue weighted by atomic mass is 28.3. The van der Waals surface area contributed by atoms with Gasteiger partial charge in [0.2, 0.25) is 0 Å². The van der Waals surface area contributed by atoms with E-state index in [1.165, 1.54) is 27.1 Å². The van der Waals surface area contributed by atoms with E-state index in [-0.39, 0.29) is 0 Å². The molecular formula is C23H18Si. The van der Waals surface area contributed by atoms with Gasteiger partial charge in [-0.05, 0) is 37.5 Å². The zero-order valence-corrected chi connectivity index (χ0v) is 14.7. The Labute approximate surface area is 143 Å². The third kappa shape index (κ3) is 1.68. The van der Waals surface area contributed by atoms with Crippen LogP contribution in [-0.2, 0) is 0 Å². The molecule has 0 bridgehead atoms. The Bertz CT molecular complexity index is 1070. The summed E-state index contributed by atoms with van der Waals surface area (Å²) in [5.74, 6) is 0. The van der Waals surface area contributed by atoms with Crippen molar-refractivity contribution in [3.63, 3.8) is 0 Å². The van der Waals surface area contributed by atoms with E-state index in [1.807, 2.05) is 0 Å². The van der Waals surface area contributed by atoms with Gasteiger partial charge in [-0.25, -0.2) is 0 Å². The molecule has 0 radical (unpaired) electrons. The Kier molecular flexibility index (Phi) is 2.82. The summed E-state index contributed by atoms with van der Waals surface area (Å²) in [6.07, 6.45) is 0. The maximum Gasteiger partial charge on any atom is 0.147 e. The van der Waals surface area contributed by atoms with Gasteiger partial charge >= 0.3 is 0 Å². The molecule has 0 N–H and O–H groups in total. The molecule has 1 aliphatic rings. The van der Waals surface area contributed by atoms with E-state index >= 15 is 0 Å². The average molecular weight is 322 g/mol. The zero-order valence-electron chi connectivity index (χ0n) is 13.7. The van der Waals surface area contributed by atoms with Crippen LogP contribution < -0.4 is 15.6 Å². The molecule has 1 atom stereocenters. The summed E-state index contributed by atoms with van der Waals surface area (Å²) in [4.78, 5) is 0. The van der Waals surface area contributed by atoms with Crippen molar-refractivity contribution in [3.05, 3.63) is 91.0 Å². The quantitative estimate of drug-likeness (QED) is 0.466. The van der Waals surface area contributed by atoms with Crippen LogP contribution in [-0.4, -0.2) is 8.07 Å². The first kappa shape index (κ1) is 13.8. The summed E-state index contributed by atoms with van der Waals surface area (Å²) >= 11 is 0. The van der Waals surface area contributed by atoms with E-state index < -0.39 is 8.07 Å². The van der Waals surface area contributed by atoms with Crippen molar-refractivity contribution in [1.29, 1.82) is 0 Å². The fourth-order valence-electron chi connectivity index (χ4n) is 4.39. The van der Waals surface area contributed by atoms with Crippen molar-refractivity contribution in [1.82, 2.24) is 0 Å². The first-order valence-electron chi connectivity index (χ1n) is 8.48. The molecule has 0 spiro atoms. The number of benzene rings is 4. The Hall–Kier alpha value is -2.64. The lowest BCUT2D eigenvalue weighted by atomic mass is 10.0. The maximum atomic E-state index is 2.51. The third-order valence-corrected chi connectivity index (χ3v) is 10.1. The lowest BCUT2D eigenvalue weighted by Crippen LogP contribution is -2.62. The average Bonchev–Trinajstić information content (AvgIpc) is 2.93. The Morgan fingerprint density at radius 3 is 2.17 bits per heavy atom. The van der Waals surface area contributed by atoms with Crippen molar-refractivity contribution < 1.29 is 0 Å². The van der Waals surface area contributed by atoms with Gasteiger partial charge < -0.3 is 0 Å². The highest BCUT2D eigenvalue weighted by Crippen LogP contribution is 2.31. The lowest BCUT2D eigenvalue weighted by Gasteiger charge is -2.26. The Balaban J connectivity index is 1.98. The van der Waals surface area contributed by atoms with Crippen molar-refractivity contribution in [3.8, 4) is 11.1 Å².